The molecule has 1 heterocycles. The zero-order chi connectivity index (χ0) is 16.4. The zero-order valence-electron chi connectivity index (χ0n) is 12.5. The maximum absolute atomic E-state index is 13.2. The molecule has 0 atom stereocenters. The van der Waals surface area contributed by atoms with E-state index in [1.165, 1.54) is 22.9 Å². The zero-order valence-corrected chi connectivity index (χ0v) is 12.5. The number of para-hydroxylation sites is 1. The quantitative estimate of drug-likeness (QED) is 0.734. The van der Waals surface area contributed by atoms with Crippen molar-refractivity contribution in [3.63, 3.8) is 0 Å². The molecule has 3 aromatic rings. The van der Waals surface area contributed by atoms with Crippen LogP contribution in [0.2, 0.25) is 0 Å². The largest absolute Gasteiger partial charge is 0.505 e. The Morgan fingerprint density at radius 2 is 2.04 bits per heavy atom. The van der Waals surface area contributed by atoms with Gasteiger partial charge in [-0.3, -0.25) is 14.4 Å². The van der Waals surface area contributed by atoms with Gasteiger partial charge in [0, 0.05) is 11.8 Å². The Bertz CT molecular complexity index is 913. The summed E-state index contributed by atoms with van der Waals surface area (Å²) in [5, 5.41) is 11.0. The first kappa shape index (κ1) is 15.0. The standard InChI is InChI=1S/C18H15FN2O2/c1-2-17(22)21-15-9-4-3-8-14(15)18(23)16(21)11-20-13-7-5-6-12(19)10-13/h3-11,23H,2H2,1H3. The maximum Gasteiger partial charge on any atom is 0.231 e. The topological polar surface area (TPSA) is 54.6 Å². The minimum absolute atomic E-state index is 0.0115. The Kier molecular flexibility index (Phi) is 3.93. The van der Waals surface area contributed by atoms with Crippen molar-refractivity contribution in [3.05, 3.63) is 60.0 Å². The maximum atomic E-state index is 13.2. The van der Waals surface area contributed by atoms with E-state index in [4.69, 9.17) is 0 Å². The number of hydrogen-bond acceptors (Lipinski definition) is 3. The van der Waals surface area contributed by atoms with Crippen LogP contribution in [0, 0.1) is 5.82 Å². The van der Waals surface area contributed by atoms with Gasteiger partial charge in [-0.15, -0.1) is 0 Å². The first-order chi connectivity index (χ1) is 11.1. The van der Waals surface area contributed by atoms with Crippen LogP contribution in [0.1, 0.15) is 23.8 Å². The molecular formula is C18H15FN2O2. The molecule has 2 aromatic carbocycles. The van der Waals surface area contributed by atoms with Crippen LogP contribution in [0.15, 0.2) is 53.5 Å². The summed E-state index contributed by atoms with van der Waals surface area (Å²) < 4.78 is 14.7. The number of aromatic nitrogens is 1. The first-order valence-electron chi connectivity index (χ1n) is 7.27. The number of aromatic hydroxyl groups is 1. The Hall–Kier alpha value is -2.95. The average Bonchev–Trinajstić information content (AvgIpc) is 2.85. The number of carbonyl (C=O) groups excluding carboxylic acids is 1. The molecule has 0 fully saturated rings. The molecule has 23 heavy (non-hydrogen) atoms. The van der Waals surface area contributed by atoms with Crippen molar-refractivity contribution >= 4 is 28.7 Å². The van der Waals surface area contributed by atoms with Gasteiger partial charge in [0.2, 0.25) is 5.91 Å². The normalized spacial score (nSPS) is 11.4. The van der Waals surface area contributed by atoms with Gasteiger partial charge in [0.15, 0.2) is 5.75 Å². The van der Waals surface area contributed by atoms with Gasteiger partial charge in [-0.25, -0.2) is 4.39 Å². The van der Waals surface area contributed by atoms with Crippen LogP contribution in [-0.4, -0.2) is 21.8 Å². The van der Waals surface area contributed by atoms with E-state index < -0.39 is 5.82 Å². The van der Waals surface area contributed by atoms with Crippen molar-refractivity contribution in [2.75, 3.05) is 0 Å². The molecule has 4 nitrogen and oxygen atoms in total. The fourth-order valence-corrected chi connectivity index (χ4v) is 2.48. The fourth-order valence-electron chi connectivity index (χ4n) is 2.48. The van der Waals surface area contributed by atoms with Crippen molar-refractivity contribution in [1.82, 2.24) is 4.57 Å². The van der Waals surface area contributed by atoms with Crippen LogP contribution in [0.3, 0.4) is 0 Å². The SMILES string of the molecule is CCC(=O)n1c(C=Nc2cccc(F)c2)c(O)c2ccccc21. The van der Waals surface area contributed by atoms with Crippen LogP contribution in [0.5, 0.6) is 5.75 Å². The Balaban J connectivity index is 2.16. The number of fused-ring (bicyclic) bond motifs is 1. The average molecular weight is 310 g/mol. The van der Waals surface area contributed by atoms with Crippen molar-refractivity contribution in [1.29, 1.82) is 0 Å². The third-order valence-electron chi connectivity index (χ3n) is 3.58. The molecule has 0 bridgehead atoms. The molecule has 0 amide bonds. The van der Waals surface area contributed by atoms with Gasteiger partial charge in [-0.1, -0.05) is 25.1 Å². The van der Waals surface area contributed by atoms with Crippen LogP contribution >= 0.6 is 0 Å². The van der Waals surface area contributed by atoms with E-state index >= 15 is 0 Å². The lowest BCUT2D eigenvalue weighted by atomic mass is 10.2. The van der Waals surface area contributed by atoms with E-state index in [-0.39, 0.29) is 11.7 Å². The van der Waals surface area contributed by atoms with E-state index in [0.29, 0.717) is 28.7 Å². The summed E-state index contributed by atoms with van der Waals surface area (Å²) in [4.78, 5) is 16.4. The van der Waals surface area contributed by atoms with Gasteiger partial charge < -0.3 is 5.11 Å². The number of aliphatic imine (C=N–C) groups is 1. The summed E-state index contributed by atoms with van der Waals surface area (Å²) in [5.41, 5.74) is 1.32. The highest BCUT2D eigenvalue weighted by atomic mass is 19.1. The van der Waals surface area contributed by atoms with Crippen LogP contribution in [0.4, 0.5) is 10.1 Å². The highest BCUT2D eigenvalue weighted by Crippen LogP contribution is 2.31. The van der Waals surface area contributed by atoms with E-state index in [1.54, 1.807) is 43.3 Å². The highest BCUT2D eigenvalue weighted by molar-refractivity contribution is 6.04. The predicted octanol–water partition coefficient (Wildman–Crippen LogP) is 4.29. The van der Waals surface area contributed by atoms with E-state index in [2.05, 4.69) is 4.99 Å². The number of hydrogen-bond donors (Lipinski definition) is 1. The van der Waals surface area contributed by atoms with Crippen LogP contribution in [0.25, 0.3) is 10.9 Å². The monoisotopic (exact) mass is 310 g/mol. The highest BCUT2D eigenvalue weighted by Gasteiger charge is 2.18. The molecule has 0 saturated heterocycles. The predicted molar refractivity (Wildman–Crippen MR) is 88.2 cm³/mol. The third kappa shape index (κ3) is 2.73. The third-order valence-corrected chi connectivity index (χ3v) is 3.58. The molecule has 5 heteroatoms. The smallest absolute Gasteiger partial charge is 0.231 e. The molecule has 0 aliphatic rings. The van der Waals surface area contributed by atoms with Crippen molar-refractivity contribution < 1.29 is 14.3 Å². The van der Waals surface area contributed by atoms with E-state index in [0.717, 1.165) is 0 Å². The Labute approximate surface area is 132 Å². The molecule has 0 radical (unpaired) electrons. The number of halogens is 1. The molecule has 0 unspecified atom stereocenters. The van der Waals surface area contributed by atoms with Crippen molar-refractivity contribution in [3.8, 4) is 5.75 Å². The number of rotatable bonds is 3. The number of nitrogens with zero attached hydrogens (tertiary/aromatic N) is 2. The summed E-state index contributed by atoms with van der Waals surface area (Å²) >= 11 is 0. The molecule has 116 valence electrons. The Morgan fingerprint density at radius 3 is 2.78 bits per heavy atom. The molecule has 1 aromatic heterocycles. The molecule has 0 saturated carbocycles. The first-order valence-corrected chi connectivity index (χ1v) is 7.27. The number of benzene rings is 2. The molecule has 1 N–H and O–H groups in total. The number of carbonyl (C=O) groups is 1. The van der Waals surface area contributed by atoms with Crippen LogP contribution < -0.4 is 0 Å². The second-order valence-corrected chi connectivity index (χ2v) is 5.07. The Morgan fingerprint density at radius 1 is 1.26 bits per heavy atom. The summed E-state index contributed by atoms with van der Waals surface area (Å²) in [6, 6.07) is 12.9. The molecule has 3 rings (SSSR count). The van der Waals surface area contributed by atoms with Crippen LogP contribution in [-0.2, 0) is 0 Å². The minimum atomic E-state index is -0.394. The van der Waals surface area contributed by atoms with Gasteiger partial charge in [0.25, 0.3) is 0 Å². The summed E-state index contributed by atoms with van der Waals surface area (Å²) in [6.07, 6.45) is 1.68. The van der Waals surface area contributed by atoms with Gasteiger partial charge in [-0.05, 0) is 30.3 Å². The van der Waals surface area contributed by atoms with Gasteiger partial charge >= 0.3 is 0 Å². The van der Waals surface area contributed by atoms with Crippen molar-refractivity contribution in [2.45, 2.75) is 13.3 Å². The lowest BCUT2D eigenvalue weighted by Gasteiger charge is -2.04. The van der Waals surface area contributed by atoms with Gasteiger partial charge in [0.1, 0.15) is 11.5 Å². The van der Waals surface area contributed by atoms with E-state index in [1.807, 2.05) is 0 Å². The fraction of sp³-hybridized carbons (Fsp3) is 0.111. The lowest BCUT2D eigenvalue weighted by molar-refractivity contribution is 0.0913. The molecular weight excluding hydrogens is 295 g/mol. The second-order valence-electron chi connectivity index (χ2n) is 5.07. The second kappa shape index (κ2) is 6.04. The lowest BCUT2D eigenvalue weighted by Crippen LogP contribution is -2.11. The molecule has 0 spiro atoms. The summed E-state index contributed by atoms with van der Waals surface area (Å²) in [5.74, 6) is -0.557. The molecule has 0 aliphatic carbocycles. The van der Waals surface area contributed by atoms with Gasteiger partial charge in [0.05, 0.1) is 17.4 Å². The van der Waals surface area contributed by atoms with E-state index in [9.17, 15) is 14.3 Å². The summed E-state index contributed by atoms with van der Waals surface area (Å²) in [6.45, 7) is 1.75. The summed E-state index contributed by atoms with van der Waals surface area (Å²) in [7, 11) is 0. The molecule has 0 aliphatic heterocycles. The van der Waals surface area contributed by atoms with Gasteiger partial charge in [-0.2, -0.15) is 0 Å². The van der Waals surface area contributed by atoms with Crippen molar-refractivity contribution in [2.24, 2.45) is 4.99 Å². The minimum Gasteiger partial charge on any atom is -0.505 e.